The van der Waals surface area contributed by atoms with E-state index in [2.05, 4.69) is 21.5 Å². The van der Waals surface area contributed by atoms with Gasteiger partial charge < -0.3 is 14.6 Å². The Bertz CT molecular complexity index is 981. The Labute approximate surface area is 163 Å². The van der Waals surface area contributed by atoms with Crippen molar-refractivity contribution in [3.8, 4) is 17.1 Å². The minimum Gasteiger partial charge on any atom is -0.484 e. The van der Waals surface area contributed by atoms with Gasteiger partial charge in [0.1, 0.15) is 5.75 Å². The summed E-state index contributed by atoms with van der Waals surface area (Å²) in [6, 6.07) is 13.9. The van der Waals surface area contributed by atoms with Crippen LogP contribution in [-0.2, 0) is 24.2 Å². The molecule has 0 saturated heterocycles. The highest BCUT2D eigenvalue weighted by Gasteiger charge is 2.13. The molecule has 6 heteroatoms. The average molecular weight is 377 g/mol. The number of hydrogen-bond donors (Lipinski definition) is 1. The van der Waals surface area contributed by atoms with E-state index in [-0.39, 0.29) is 19.1 Å². The van der Waals surface area contributed by atoms with Crippen molar-refractivity contribution in [3.05, 3.63) is 65.0 Å². The van der Waals surface area contributed by atoms with E-state index in [1.54, 1.807) is 0 Å². The largest absolute Gasteiger partial charge is 0.484 e. The molecule has 0 bridgehead atoms. The SMILES string of the molecule is Cc1ccccc1-c1noc(CNC(=O)COc2ccc3c(c2)CCCC3)n1. The summed E-state index contributed by atoms with van der Waals surface area (Å²) in [5.41, 5.74) is 4.71. The molecular weight excluding hydrogens is 354 g/mol. The first-order chi connectivity index (χ1) is 13.7. The zero-order valence-corrected chi connectivity index (χ0v) is 15.9. The van der Waals surface area contributed by atoms with E-state index in [0.717, 1.165) is 29.7 Å². The molecule has 1 N–H and O–H groups in total. The van der Waals surface area contributed by atoms with Crippen molar-refractivity contribution >= 4 is 5.91 Å². The summed E-state index contributed by atoms with van der Waals surface area (Å²) >= 11 is 0. The monoisotopic (exact) mass is 377 g/mol. The standard InChI is InChI=1S/C22H23N3O3/c1-15-6-2-5-9-19(15)22-24-21(28-25-22)13-23-20(26)14-27-18-11-10-16-7-3-4-8-17(16)12-18/h2,5-6,9-12H,3-4,7-8,13-14H2,1H3,(H,23,26). The number of hydrogen-bond acceptors (Lipinski definition) is 5. The van der Waals surface area contributed by atoms with Crippen LogP contribution in [0, 0.1) is 6.92 Å². The second-order valence-corrected chi connectivity index (χ2v) is 7.03. The molecule has 2 aromatic carbocycles. The second-order valence-electron chi connectivity index (χ2n) is 7.03. The quantitative estimate of drug-likeness (QED) is 0.710. The fraction of sp³-hybridized carbons (Fsp3) is 0.318. The summed E-state index contributed by atoms with van der Waals surface area (Å²) in [6.45, 7) is 2.12. The van der Waals surface area contributed by atoms with Gasteiger partial charge in [0, 0.05) is 5.56 Å². The lowest BCUT2D eigenvalue weighted by atomic mass is 9.92. The topological polar surface area (TPSA) is 77.2 Å². The number of carbonyl (C=O) groups excluding carboxylic acids is 1. The van der Waals surface area contributed by atoms with Crippen LogP contribution in [0.15, 0.2) is 47.0 Å². The average Bonchev–Trinajstić information content (AvgIpc) is 3.19. The molecule has 0 aliphatic heterocycles. The van der Waals surface area contributed by atoms with Crippen LogP contribution in [0.1, 0.15) is 35.4 Å². The number of aromatic nitrogens is 2. The normalized spacial score (nSPS) is 13.0. The lowest BCUT2D eigenvalue weighted by molar-refractivity contribution is -0.123. The van der Waals surface area contributed by atoms with Crippen LogP contribution in [0.3, 0.4) is 0 Å². The van der Waals surface area contributed by atoms with E-state index in [0.29, 0.717) is 11.7 Å². The van der Waals surface area contributed by atoms with E-state index in [1.807, 2.05) is 43.3 Å². The van der Waals surface area contributed by atoms with Gasteiger partial charge in [-0.3, -0.25) is 4.79 Å². The van der Waals surface area contributed by atoms with Gasteiger partial charge in [0.15, 0.2) is 6.61 Å². The number of amides is 1. The summed E-state index contributed by atoms with van der Waals surface area (Å²) in [5.74, 6) is 1.39. The van der Waals surface area contributed by atoms with E-state index in [9.17, 15) is 4.79 Å². The van der Waals surface area contributed by atoms with Gasteiger partial charge in [-0.25, -0.2) is 0 Å². The maximum Gasteiger partial charge on any atom is 0.258 e. The van der Waals surface area contributed by atoms with Crippen molar-refractivity contribution in [1.29, 1.82) is 0 Å². The van der Waals surface area contributed by atoms with Gasteiger partial charge in [-0.1, -0.05) is 35.5 Å². The van der Waals surface area contributed by atoms with Crippen molar-refractivity contribution < 1.29 is 14.1 Å². The van der Waals surface area contributed by atoms with Crippen LogP contribution in [-0.4, -0.2) is 22.7 Å². The Morgan fingerprint density at radius 2 is 1.96 bits per heavy atom. The summed E-state index contributed by atoms with van der Waals surface area (Å²) in [7, 11) is 0. The minimum atomic E-state index is -0.228. The maximum absolute atomic E-state index is 12.1. The molecule has 0 fully saturated rings. The van der Waals surface area contributed by atoms with Crippen LogP contribution in [0.5, 0.6) is 5.75 Å². The van der Waals surface area contributed by atoms with Crippen molar-refractivity contribution in [2.24, 2.45) is 0 Å². The van der Waals surface area contributed by atoms with Crippen LogP contribution in [0.2, 0.25) is 0 Å². The van der Waals surface area contributed by atoms with Crippen LogP contribution < -0.4 is 10.1 Å². The molecule has 28 heavy (non-hydrogen) atoms. The molecule has 3 aromatic rings. The Kier molecular flexibility index (Phi) is 5.37. The molecule has 1 aliphatic carbocycles. The highest BCUT2D eigenvalue weighted by Crippen LogP contribution is 2.25. The molecule has 0 radical (unpaired) electrons. The minimum absolute atomic E-state index is 0.0441. The number of ether oxygens (including phenoxy) is 1. The third-order valence-corrected chi connectivity index (χ3v) is 4.98. The molecule has 1 aliphatic rings. The fourth-order valence-electron chi connectivity index (χ4n) is 3.43. The van der Waals surface area contributed by atoms with Gasteiger partial charge in [0.05, 0.1) is 6.54 Å². The predicted molar refractivity (Wildman–Crippen MR) is 105 cm³/mol. The van der Waals surface area contributed by atoms with Crippen molar-refractivity contribution in [1.82, 2.24) is 15.5 Å². The number of benzene rings is 2. The Morgan fingerprint density at radius 3 is 2.82 bits per heavy atom. The van der Waals surface area contributed by atoms with E-state index >= 15 is 0 Å². The number of aryl methyl sites for hydroxylation is 3. The summed E-state index contributed by atoms with van der Waals surface area (Å²) in [6.07, 6.45) is 4.67. The Morgan fingerprint density at radius 1 is 1.14 bits per heavy atom. The molecular formula is C22H23N3O3. The summed E-state index contributed by atoms with van der Waals surface area (Å²) < 4.78 is 10.9. The van der Waals surface area contributed by atoms with E-state index in [1.165, 1.54) is 24.0 Å². The molecule has 1 amide bonds. The lowest BCUT2D eigenvalue weighted by Gasteiger charge is -2.16. The van der Waals surface area contributed by atoms with Crippen molar-refractivity contribution in [3.63, 3.8) is 0 Å². The first-order valence-corrected chi connectivity index (χ1v) is 9.59. The Balaban J connectivity index is 1.29. The highest BCUT2D eigenvalue weighted by molar-refractivity contribution is 5.77. The first-order valence-electron chi connectivity index (χ1n) is 9.59. The molecule has 0 unspecified atom stereocenters. The van der Waals surface area contributed by atoms with Crippen molar-refractivity contribution in [2.75, 3.05) is 6.61 Å². The molecule has 0 atom stereocenters. The number of fused-ring (bicyclic) bond motifs is 1. The van der Waals surface area contributed by atoms with Crippen molar-refractivity contribution in [2.45, 2.75) is 39.2 Å². The molecule has 6 nitrogen and oxygen atoms in total. The number of nitrogens with one attached hydrogen (secondary N) is 1. The highest BCUT2D eigenvalue weighted by atomic mass is 16.5. The van der Waals surface area contributed by atoms with Crippen LogP contribution in [0.25, 0.3) is 11.4 Å². The number of carbonyl (C=O) groups is 1. The van der Waals surface area contributed by atoms with Gasteiger partial charge in [-0.05, 0) is 61.4 Å². The second kappa shape index (κ2) is 8.25. The smallest absolute Gasteiger partial charge is 0.258 e. The van der Waals surface area contributed by atoms with E-state index < -0.39 is 0 Å². The molecule has 1 heterocycles. The van der Waals surface area contributed by atoms with Gasteiger partial charge in [-0.15, -0.1) is 0 Å². The van der Waals surface area contributed by atoms with Crippen LogP contribution in [0.4, 0.5) is 0 Å². The predicted octanol–water partition coefficient (Wildman–Crippen LogP) is 3.62. The fourth-order valence-corrected chi connectivity index (χ4v) is 3.43. The molecule has 0 saturated carbocycles. The zero-order chi connectivity index (χ0) is 19.3. The molecule has 1 aromatic heterocycles. The van der Waals surface area contributed by atoms with Gasteiger partial charge >= 0.3 is 0 Å². The van der Waals surface area contributed by atoms with Gasteiger partial charge in [0.25, 0.3) is 5.91 Å². The zero-order valence-electron chi connectivity index (χ0n) is 15.9. The first kappa shape index (κ1) is 18.2. The maximum atomic E-state index is 12.1. The lowest BCUT2D eigenvalue weighted by Crippen LogP contribution is -2.28. The van der Waals surface area contributed by atoms with Gasteiger partial charge in [0.2, 0.25) is 11.7 Å². The third kappa shape index (κ3) is 4.22. The number of rotatable bonds is 6. The molecule has 4 rings (SSSR count). The summed E-state index contributed by atoms with van der Waals surface area (Å²) in [4.78, 5) is 16.4. The number of nitrogens with zero attached hydrogens (tertiary/aromatic N) is 2. The third-order valence-electron chi connectivity index (χ3n) is 4.98. The Hall–Kier alpha value is -3.15. The molecule has 144 valence electrons. The van der Waals surface area contributed by atoms with Crippen LogP contribution >= 0.6 is 0 Å². The molecule has 0 spiro atoms. The summed E-state index contributed by atoms with van der Waals surface area (Å²) in [5, 5.41) is 6.74. The van der Waals surface area contributed by atoms with E-state index in [4.69, 9.17) is 9.26 Å². The van der Waals surface area contributed by atoms with Gasteiger partial charge in [-0.2, -0.15) is 4.98 Å².